The first kappa shape index (κ1) is 12.9. The van der Waals surface area contributed by atoms with Crippen LogP contribution in [0.15, 0.2) is 18.2 Å². The van der Waals surface area contributed by atoms with Gasteiger partial charge in [0.15, 0.2) is 0 Å². The highest BCUT2D eigenvalue weighted by Crippen LogP contribution is 2.29. The zero-order valence-electron chi connectivity index (χ0n) is 10.2. The summed E-state index contributed by atoms with van der Waals surface area (Å²) >= 11 is 2.33. The van der Waals surface area contributed by atoms with Crippen LogP contribution in [0.5, 0.6) is 0 Å². The van der Waals surface area contributed by atoms with Crippen LogP contribution in [-0.4, -0.2) is 12.5 Å². The van der Waals surface area contributed by atoms with Crippen LogP contribution in [0, 0.1) is 3.57 Å². The highest BCUT2D eigenvalue weighted by Gasteiger charge is 2.23. The number of carbonyl (C=O) groups is 1. The summed E-state index contributed by atoms with van der Waals surface area (Å²) in [5, 5.41) is 0. The van der Waals surface area contributed by atoms with E-state index < -0.39 is 0 Å². The van der Waals surface area contributed by atoms with Gasteiger partial charge in [0.25, 0.3) is 0 Å². The van der Waals surface area contributed by atoms with Crippen LogP contribution in [0.4, 0.5) is 5.69 Å². The molecule has 1 amide bonds. The number of aryl methyl sites for hydroxylation is 1. The van der Waals surface area contributed by atoms with E-state index in [0.29, 0.717) is 6.42 Å². The number of hydrogen-bond acceptors (Lipinski definition) is 1. The number of unbranched alkanes of at least 4 members (excludes halogenated alkanes) is 2. The number of hydrogen-bond donors (Lipinski definition) is 0. The van der Waals surface area contributed by atoms with Gasteiger partial charge >= 0.3 is 0 Å². The fraction of sp³-hybridized carbons (Fsp3) is 0.500. The van der Waals surface area contributed by atoms with E-state index in [4.69, 9.17) is 0 Å². The first-order valence-electron chi connectivity index (χ1n) is 6.31. The van der Waals surface area contributed by atoms with Gasteiger partial charge in [0.05, 0.1) is 0 Å². The number of nitrogens with zero attached hydrogens (tertiary/aromatic N) is 1. The van der Waals surface area contributed by atoms with Gasteiger partial charge in [-0.1, -0.05) is 19.8 Å². The van der Waals surface area contributed by atoms with Crippen molar-refractivity contribution in [1.29, 1.82) is 0 Å². The molecule has 0 radical (unpaired) electrons. The van der Waals surface area contributed by atoms with Crippen molar-refractivity contribution in [2.24, 2.45) is 0 Å². The lowest BCUT2D eigenvalue weighted by atomic mass is 10.0. The van der Waals surface area contributed by atoms with Gasteiger partial charge in [-0.05, 0) is 59.2 Å². The average Bonchev–Trinajstić information content (AvgIpc) is 2.32. The molecule has 2 rings (SSSR count). The second-order valence-electron chi connectivity index (χ2n) is 4.53. The lowest BCUT2D eigenvalue weighted by Gasteiger charge is -2.29. The lowest BCUT2D eigenvalue weighted by Crippen LogP contribution is -2.35. The molecule has 0 aromatic heterocycles. The Morgan fingerprint density at radius 1 is 1.29 bits per heavy atom. The van der Waals surface area contributed by atoms with Crippen LogP contribution in [0.3, 0.4) is 0 Å². The summed E-state index contributed by atoms with van der Waals surface area (Å²) in [6.07, 6.45) is 5.06. The number of anilines is 1. The van der Waals surface area contributed by atoms with Crippen molar-refractivity contribution < 1.29 is 4.79 Å². The minimum atomic E-state index is 0.287. The molecule has 1 aliphatic rings. The predicted molar refractivity (Wildman–Crippen MR) is 79.4 cm³/mol. The highest BCUT2D eigenvalue weighted by atomic mass is 127. The fourth-order valence-electron chi connectivity index (χ4n) is 2.29. The summed E-state index contributed by atoms with van der Waals surface area (Å²) in [6, 6.07) is 6.39. The van der Waals surface area contributed by atoms with E-state index in [1.807, 2.05) is 4.90 Å². The lowest BCUT2D eigenvalue weighted by molar-refractivity contribution is -0.118. The van der Waals surface area contributed by atoms with E-state index in [1.165, 1.54) is 22.0 Å². The molecule has 0 unspecified atom stereocenters. The van der Waals surface area contributed by atoms with Crippen molar-refractivity contribution >= 4 is 34.2 Å². The first-order chi connectivity index (χ1) is 8.22. The Labute approximate surface area is 117 Å². The standard InChI is InChI=1S/C14H18INO/c1-2-3-4-9-16-13-7-6-12(15)10-11(13)5-8-14(16)17/h6-7,10H,2-5,8-9H2,1H3. The van der Waals surface area contributed by atoms with E-state index in [2.05, 4.69) is 47.7 Å². The third kappa shape index (κ3) is 3.00. The molecule has 0 saturated heterocycles. The van der Waals surface area contributed by atoms with Crippen LogP contribution in [0.25, 0.3) is 0 Å². The van der Waals surface area contributed by atoms with Gasteiger partial charge in [0, 0.05) is 22.2 Å². The molecule has 0 aliphatic carbocycles. The maximum atomic E-state index is 12.0. The van der Waals surface area contributed by atoms with Gasteiger partial charge in [-0.25, -0.2) is 0 Å². The molecule has 1 heterocycles. The third-order valence-corrected chi connectivity index (χ3v) is 3.90. The van der Waals surface area contributed by atoms with Crippen molar-refractivity contribution in [3.05, 3.63) is 27.3 Å². The monoisotopic (exact) mass is 343 g/mol. The van der Waals surface area contributed by atoms with E-state index in [-0.39, 0.29) is 5.91 Å². The minimum absolute atomic E-state index is 0.287. The zero-order chi connectivity index (χ0) is 12.3. The Hall–Kier alpha value is -0.580. The molecule has 0 bridgehead atoms. The quantitative estimate of drug-likeness (QED) is 0.602. The van der Waals surface area contributed by atoms with Crippen molar-refractivity contribution in [3.63, 3.8) is 0 Å². The Bertz CT molecular complexity index is 417. The molecule has 17 heavy (non-hydrogen) atoms. The van der Waals surface area contributed by atoms with Gasteiger partial charge in [-0.15, -0.1) is 0 Å². The van der Waals surface area contributed by atoms with E-state index >= 15 is 0 Å². The van der Waals surface area contributed by atoms with Crippen LogP contribution >= 0.6 is 22.6 Å². The van der Waals surface area contributed by atoms with Crippen LogP contribution in [0.2, 0.25) is 0 Å². The largest absolute Gasteiger partial charge is 0.312 e. The Morgan fingerprint density at radius 3 is 2.88 bits per heavy atom. The molecule has 0 N–H and O–H groups in total. The Balaban J connectivity index is 2.18. The minimum Gasteiger partial charge on any atom is -0.312 e. The summed E-state index contributed by atoms with van der Waals surface area (Å²) in [6.45, 7) is 3.06. The van der Waals surface area contributed by atoms with Crippen LogP contribution in [0.1, 0.15) is 38.2 Å². The predicted octanol–water partition coefficient (Wildman–Crippen LogP) is 3.76. The second-order valence-corrected chi connectivity index (χ2v) is 5.77. The first-order valence-corrected chi connectivity index (χ1v) is 7.39. The van der Waals surface area contributed by atoms with Crippen LogP contribution < -0.4 is 4.90 Å². The number of amides is 1. The van der Waals surface area contributed by atoms with Gasteiger partial charge < -0.3 is 4.90 Å². The van der Waals surface area contributed by atoms with E-state index in [0.717, 1.165) is 25.1 Å². The topological polar surface area (TPSA) is 20.3 Å². The molecule has 0 atom stereocenters. The maximum Gasteiger partial charge on any atom is 0.227 e. The normalized spacial score (nSPS) is 14.9. The Morgan fingerprint density at radius 2 is 2.12 bits per heavy atom. The molecule has 0 fully saturated rings. The number of rotatable bonds is 4. The number of halogens is 1. The third-order valence-electron chi connectivity index (χ3n) is 3.23. The molecule has 2 nitrogen and oxygen atoms in total. The smallest absolute Gasteiger partial charge is 0.227 e. The summed E-state index contributed by atoms with van der Waals surface area (Å²) < 4.78 is 1.25. The van der Waals surface area contributed by atoms with E-state index in [9.17, 15) is 4.79 Å². The summed E-state index contributed by atoms with van der Waals surface area (Å²) in [5.74, 6) is 0.287. The van der Waals surface area contributed by atoms with Crippen molar-refractivity contribution in [1.82, 2.24) is 0 Å². The van der Waals surface area contributed by atoms with Crippen molar-refractivity contribution in [2.75, 3.05) is 11.4 Å². The molecular formula is C14H18INO. The fourth-order valence-corrected chi connectivity index (χ4v) is 2.85. The molecule has 1 aromatic rings. The average molecular weight is 343 g/mol. The summed E-state index contributed by atoms with van der Waals surface area (Å²) in [7, 11) is 0. The molecule has 1 aromatic carbocycles. The van der Waals surface area contributed by atoms with E-state index in [1.54, 1.807) is 0 Å². The molecule has 3 heteroatoms. The zero-order valence-corrected chi connectivity index (χ0v) is 12.4. The van der Waals surface area contributed by atoms with Crippen LogP contribution in [-0.2, 0) is 11.2 Å². The SMILES string of the molecule is CCCCCN1C(=O)CCc2cc(I)ccc21. The summed E-state index contributed by atoms with van der Waals surface area (Å²) in [5.41, 5.74) is 2.46. The van der Waals surface area contributed by atoms with Gasteiger partial charge in [0.2, 0.25) is 5.91 Å². The molecule has 0 spiro atoms. The summed E-state index contributed by atoms with van der Waals surface area (Å²) in [4.78, 5) is 13.9. The molecule has 0 saturated carbocycles. The van der Waals surface area contributed by atoms with Gasteiger partial charge in [0.1, 0.15) is 0 Å². The highest BCUT2D eigenvalue weighted by molar-refractivity contribution is 14.1. The molecular weight excluding hydrogens is 325 g/mol. The number of fused-ring (bicyclic) bond motifs is 1. The van der Waals surface area contributed by atoms with Gasteiger partial charge in [-0.2, -0.15) is 0 Å². The molecule has 92 valence electrons. The number of benzene rings is 1. The maximum absolute atomic E-state index is 12.0. The van der Waals surface area contributed by atoms with Crippen molar-refractivity contribution in [2.45, 2.75) is 39.0 Å². The Kier molecular flexibility index (Phi) is 4.42. The second kappa shape index (κ2) is 5.85. The number of carbonyl (C=O) groups excluding carboxylic acids is 1. The van der Waals surface area contributed by atoms with Crippen molar-refractivity contribution in [3.8, 4) is 0 Å². The molecule has 1 aliphatic heterocycles. The van der Waals surface area contributed by atoms with Gasteiger partial charge in [-0.3, -0.25) is 4.79 Å².